The first-order valence-corrected chi connectivity index (χ1v) is 6.31. The zero-order chi connectivity index (χ0) is 13.3. The summed E-state index contributed by atoms with van der Waals surface area (Å²) in [5, 5.41) is 14.8. The molecule has 0 aliphatic carbocycles. The fourth-order valence-corrected chi connectivity index (χ4v) is 2.35. The van der Waals surface area contributed by atoms with Crippen molar-refractivity contribution < 1.29 is 9.94 Å². The first kappa shape index (κ1) is 11.9. The van der Waals surface area contributed by atoms with Crippen LogP contribution in [0.3, 0.4) is 0 Å². The molecule has 0 bridgehead atoms. The van der Waals surface area contributed by atoms with Crippen molar-refractivity contribution in [2.24, 2.45) is 11.1 Å². The lowest BCUT2D eigenvalue weighted by Gasteiger charge is -2.25. The van der Waals surface area contributed by atoms with Gasteiger partial charge in [-0.3, -0.25) is 0 Å². The lowest BCUT2D eigenvalue weighted by Crippen LogP contribution is -2.34. The number of hydrogen-bond acceptors (Lipinski definition) is 3. The molecule has 0 saturated heterocycles. The molecule has 1 aliphatic heterocycles. The molecule has 1 heterocycles. The van der Waals surface area contributed by atoms with Crippen molar-refractivity contribution in [2.45, 2.75) is 12.7 Å². The van der Waals surface area contributed by atoms with Crippen LogP contribution < -0.4 is 0 Å². The Morgan fingerprint density at radius 1 is 1.00 bits per heavy atom. The number of nitrogens with zero attached hydrogens (tertiary/aromatic N) is 1. The minimum atomic E-state index is -1.38. The van der Waals surface area contributed by atoms with E-state index in [9.17, 15) is 5.11 Å². The maximum Gasteiger partial charge on any atom is 0.269 e. The highest BCUT2D eigenvalue weighted by molar-refractivity contribution is 6.03. The molecule has 0 spiro atoms. The minimum absolute atomic E-state index is 0.225. The summed E-state index contributed by atoms with van der Waals surface area (Å²) >= 11 is 0. The lowest BCUT2D eigenvalue weighted by molar-refractivity contribution is -0.214. The van der Waals surface area contributed by atoms with Gasteiger partial charge in [0.15, 0.2) is 0 Å². The maximum atomic E-state index is 10.7. The SMILES string of the molecule is CC1C(c2ccccc2)=NOC1(O)c1ccccc1. The third-order valence-electron chi connectivity index (χ3n) is 3.54. The van der Waals surface area contributed by atoms with Crippen LogP contribution in [0.1, 0.15) is 18.1 Å². The van der Waals surface area contributed by atoms with Crippen LogP contribution in [0.15, 0.2) is 65.8 Å². The van der Waals surface area contributed by atoms with Gasteiger partial charge in [-0.15, -0.1) is 0 Å². The van der Waals surface area contributed by atoms with E-state index in [0.717, 1.165) is 16.8 Å². The Labute approximate surface area is 112 Å². The summed E-state index contributed by atoms with van der Waals surface area (Å²) in [7, 11) is 0. The Kier molecular flexibility index (Phi) is 2.84. The molecule has 0 aromatic heterocycles. The van der Waals surface area contributed by atoms with E-state index < -0.39 is 5.79 Å². The summed E-state index contributed by atoms with van der Waals surface area (Å²) in [4.78, 5) is 5.35. The van der Waals surface area contributed by atoms with Crippen molar-refractivity contribution in [1.29, 1.82) is 0 Å². The van der Waals surface area contributed by atoms with Crippen LogP contribution in [0.2, 0.25) is 0 Å². The average molecular weight is 253 g/mol. The molecule has 3 nitrogen and oxygen atoms in total. The normalized spacial score (nSPS) is 25.8. The van der Waals surface area contributed by atoms with Crippen molar-refractivity contribution in [3.05, 3.63) is 71.8 Å². The molecule has 0 saturated carbocycles. The number of oxime groups is 1. The zero-order valence-electron chi connectivity index (χ0n) is 10.7. The van der Waals surface area contributed by atoms with E-state index in [1.165, 1.54) is 0 Å². The van der Waals surface area contributed by atoms with E-state index in [4.69, 9.17) is 4.84 Å². The molecule has 2 unspecified atom stereocenters. The number of benzene rings is 2. The average Bonchev–Trinajstić information content (AvgIpc) is 2.78. The molecule has 0 radical (unpaired) electrons. The monoisotopic (exact) mass is 253 g/mol. The molecule has 19 heavy (non-hydrogen) atoms. The van der Waals surface area contributed by atoms with E-state index in [0.29, 0.717) is 0 Å². The third-order valence-corrected chi connectivity index (χ3v) is 3.54. The zero-order valence-corrected chi connectivity index (χ0v) is 10.7. The van der Waals surface area contributed by atoms with E-state index in [1.807, 2.05) is 67.6 Å². The van der Waals surface area contributed by atoms with Crippen LogP contribution in [0.5, 0.6) is 0 Å². The fourth-order valence-electron chi connectivity index (χ4n) is 2.35. The number of rotatable bonds is 2. The van der Waals surface area contributed by atoms with Crippen LogP contribution in [0, 0.1) is 5.92 Å². The van der Waals surface area contributed by atoms with Crippen LogP contribution in [0.25, 0.3) is 0 Å². The molecule has 1 aliphatic rings. The molecule has 1 N–H and O–H groups in total. The Morgan fingerprint density at radius 3 is 2.21 bits per heavy atom. The smallest absolute Gasteiger partial charge is 0.269 e. The summed E-state index contributed by atoms with van der Waals surface area (Å²) in [6.45, 7) is 1.92. The van der Waals surface area contributed by atoms with E-state index in [-0.39, 0.29) is 5.92 Å². The molecule has 2 atom stereocenters. The third kappa shape index (κ3) is 1.92. The summed E-state index contributed by atoms with van der Waals surface area (Å²) in [5.74, 6) is -1.61. The quantitative estimate of drug-likeness (QED) is 0.894. The second kappa shape index (κ2) is 4.52. The van der Waals surface area contributed by atoms with Crippen molar-refractivity contribution in [3.63, 3.8) is 0 Å². The molecule has 96 valence electrons. The van der Waals surface area contributed by atoms with Gasteiger partial charge in [-0.25, -0.2) is 0 Å². The largest absolute Gasteiger partial charge is 0.354 e. The molecular weight excluding hydrogens is 238 g/mol. The molecule has 0 amide bonds. The van der Waals surface area contributed by atoms with Gasteiger partial charge >= 0.3 is 0 Å². The lowest BCUT2D eigenvalue weighted by atomic mass is 9.87. The van der Waals surface area contributed by atoms with Gasteiger partial charge in [-0.1, -0.05) is 65.8 Å². The van der Waals surface area contributed by atoms with E-state index in [2.05, 4.69) is 5.16 Å². The molecular formula is C16H15NO2. The predicted molar refractivity (Wildman–Crippen MR) is 73.6 cm³/mol. The standard InChI is InChI=1S/C16H15NO2/c1-12-15(13-8-4-2-5-9-13)17-19-16(12,18)14-10-6-3-7-11-14/h2-12,18H,1H3. The second-order valence-corrected chi connectivity index (χ2v) is 4.72. The van der Waals surface area contributed by atoms with Gasteiger partial charge in [0, 0.05) is 5.56 Å². The van der Waals surface area contributed by atoms with Gasteiger partial charge in [-0.05, 0) is 12.5 Å². The van der Waals surface area contributed by atoms with Crippen LogP contribution in [-0.2, 0) is 10.6 Å². The molecule has 0 fully saturated rings. The fraction of sp³-hybridized carbons (Fsp3) is 0.188. The topological polar surface area (TPSA) is 41.8 Å². The first-order valence-electron chi connectivity index (χ1n) is 6.31. The van der Waals surface area contributed by atoms with Crippen LogP contribution in [-0.4, -0.2) is 10.8 Å². The minimum Gasteiger partial charge on any atom is -0.354 e. The van der Waals surface area contributed by atoms with Crippen molar-refractivity contribution in [2.75, 3.05) is 0 Å². The molecule has 3 rings (SSSR count). The summed E-state index contributed by atoms with van der Waals surface area (Å²) in [6, 6.07) is 19.1. The Hall–Kier alpha value is -2.13. The highest BCUT2D eigenvalue weighted by Gasteiger charge is 2.46. The summed E-state index contributed by atoms with van der Waals surface area (Å²) in [5.41, 5.74) is 2.46. The maximum absolute atomic E-state index is 10.7. The Morgan fingerprint density at radius 2 is 1.58 bits per heavy atom. The molecule has 2 aromatic carbocycles. The van der Waals surface area contributed by atoms with Crippen molar-refractivity contribution >= 4 is 5.71 Å². The van der Waals surface area contributed by atoms with E-state index >= 15 is 0 Å². The van der Waals surface area contributed by atoms with Crippen LogP contribution >= 0.6 is 0 Å². The van der Waals surface area contributed by atoms with Crippen LogP contribution in [0.4, 0.5) is 0 Å². The summed E-state index contributed by atoms with van der Waals surface area (Å²) < 4.78 is 0. The first-order chi connectivity index (χ1) is 9.22. The predicted octanol–water partition coefficient (Wildman–Crippen LogP) is 2.90. The van der Waals surface area contributed by atoms with Crippen molar-refractivity contribution in [3.8, 4) is 0 Å². The molecule has 3 heteroatoms. The van der Waals surface area contributed by atoms with Gasteiger partial charge in [-0.2, -0.15) is 0 Å². The van der Waals surface area contributed by atoms with Gasteiger partial charge in [0.05, 0.1) is 11.6 Å². The molecule has 2 aromatic rings. The highest BCUT2D eigenvalue weighted by atomic mass is 16.7. The van der Waals surface area contributed by atoms with Gasteiger partial charge < -0.3 is 9.94 Å². The number of aliphatic hydroxyl groups is 1. The van der Waals surface area contributed by atoms with E-state index in [1.54, 1.807) is 0 Å². The van der Waals surface area contributed by atoms with Gasteiger partial charge in [0.1, 0.15) is 0 Å². The Bertz CT molecular complexity index is 595. The Balaban J connectivity index is 1.95. The van der Waals surface area contributed by atoms with Gasteiger partial charge in [0.2, 0.25) is 0 Å². The van der Waals surface area contributed by atoms with Crippen molar-refractivity contribution in [1.82, 2.24) is 0 Å². The highest BCUT2D eigenvalue weighted by Crippen LogP contribution is 2.38. The summed E-state index contributed by atoms with van der Waals surface area (Å²) in [6.07, 6.45) is 0. The van der Waals surface area contributed by atoms with Gasteiger partial charge in [0.25, 0.3) is 5.79 Å². The second-order valence-electron chi connectivity index (χ2n) is 4.72. The number of hydrogen-bond donors (Lipinski definition) is 1.